The van der Waals surface area contributed by atoms with Gasteiger partial charge in [0.05, 0.1) is 0 Å². The Bertz CT molecular complexity index is 697. The van der Waals surface area contributed by atoms with Crippen molar-refractivity contribution in [1.82, 2.24) is 19.8 Å². The molecule has 2 N–H and O–H groups in total. The van der Waals surface area contributed by atoms with Gasteiger partial charge < -0.3 is 5.73 Å². The lowest BCUT2D eigenvalue weighted by molar-refractivity contribution is 0.941. The molecule has 1 aromatic carbocycles. The van der Waals surface area contributed by atoms with Crippen molar-refractivity contribution in [1.29, 1.82) is 0 Å². The fourth-order valence-electron chi connectivity index (χ4n) is 1.67. The molecule has 17 heavy (non-hydrogen) atoms. The molecule has 0 saturated carbocycles. The molecule has 0 aliphatic carbocycles. The van der Waals surface area contributed by atoms with Crippen molar-refractivity contribution in [3.63, 3.8) is 0 Å². The lowest BCUT2D eigenvalue weighted by Crippen LogP contribution is -1.94. The summed E-state index contributed by atoms with van der Waals surface area (Å²) in [5, 5.41) is 13.6. The average molecular weight is 245 g/mol. The van der Waals surface area contributed by atoms with E-state index in [0.29, 0.717) is 0 Å². The summed E-state index contributed by atoms with van der Waals surface area (Å²) in [5.41, 5.74) is 8.65. The van der Waals surface area contributed by atoms with Gasteiger partial charge in [-0.3, -0.25) is 0 Å². The highest BCUT2D eigenvalue weighted by molar-refractivity contribution is 7.16. The fraction of sp³-hybridized carbons (Fsp3) is 0.182. The molecule has 0 radical (unpaired) electrons. The second kappa shape index (κ2) is 3.53. The summed E-state index contributed by atoms with van der Waals surface area (Å²) in [5.74, 6) is 0.732. The Morgan fingerprint density at radius 3 is 2.82 bits per heavy atom. The van der Waals surface area contributed by atoms with E-state index in [-0.39, 0.29) is 0 Å². The van der Waals surface area contributed by atoms with Crippen LogP contribution < -0.4 is 5.73 Å². The summed E-state index contributed by atoms with van der Waals surface area (Å²) in [6.07, 6.45) is 0. The number of fused-ring (bicyclic) bond motifs is 1. The van der Waals surface area contributed by atoms with Crippen LogP contribution in [-0.2, 0) is 0 Å². The van der Waals surface area contributed by atoms with Gasteiger partial charge in [0.25, 0.3) is 0 Å². The molecule has 0 saturated heterocycles. The molecular weight excluding hydrogens is 234 g/mol. The van der Waals surface area contributed by atoms with Crippen LogP contribution in [0.25, 0.3) is 16.3 Å². The smallest absolute Gasteiger partial charge is 0.234 e. The minimum absolute atomic E-state index is 0.732. The van der Waals surface area contributed by atoms with Crippen molar-refractivity contribution in [2.75, 3.05) is 5.73 Å². The minimum atomic E-state index is 0.732. The van der Waals surface area contributed by atoms with Gasteiger partial charge in [-0.2, -0.15) is 9.61 Å². The van der Waals surface area contributed by atoms with Crippen LogP contribution in [0.3, 0.4) is 0 Å². The van der Waals surface area contributed by atoms with Crippen LogP contribution in [0.1, 0.15) is 10.6 Å². The first-order chi connectivity index (χ1) is 8.15. The van der Waals surface area contributed by atoms with Crippen molar-refractivity contribution >= 4 is 22.0 Å². The second-order valence-electron chi connectivity index (χ2n) is 3.91. The first kappa shape index (κ1) is 10.2. The number of anilines is 1. The van der Waals surface area contributed by atoms with E-state index >= 15 is 0 Å². The molecule has 0 unspecified atom stereocenters. The van der Waals surface area contributed by atoms with Gasteiger partial charge >= 0.3 is 0 Å². The number of nitrogens with two attached hydrogens (primary N) is 1. The maximum Gasteiger partial charge on any atom is 0.234 e. The Hall–Kier alpha value is -1.95. The molecule has 0 atom stereocenters. The minimum Gasteiger partial charge on any atom is -0.398 e. The Morgan fingerprint density at radius 1 is 1.24 bits per heavy atom. The van der Waals surface area contributed by atoms with E-state index in [1.54, 1.807) is 4.52 Å². The summed E-state index contributed by atoms with van der Waals surface area (Å²) < 4.78 is 1.75. The van der Waals surface area contributed by atoms with Crippen LogP contribution in [0.15, 0.2) is 18.2 Å². The fourth-order valence-corrected chi connectivity index (χ4v) is 2.35. The third kappa shape index (κ3) is 1.57. The first-order valence-electron chi connectivity index (χ1n) is 5.20. The molecule has 0 spiro atoms. The van der Waals surface area contributed by atoms with Crippen LogP contribution >= 0.6 is 11.3 Å². The van der Waals surface area contributed by atoms with Crippen LogP contribution in [0.4, 0.5) is 5.69 Å². The predicted octanol–water partition coefficient (Wildman–Crippen LogP) is 2.05. The molecule has 2 heterocycles. The summed E-state index contributed by atoms with van der Waals surface area (Å²) >= 11 is 1.52. The highest BCUT2D eigenvalue weighted by Gasteiger charge is 2.12. The normalized spacial score (nSPS) is 11.2. The monoisotopic (exact) mass is 245 g/mol. The topological polar surface area (TPSA) is 69.1 Å². The number of nitrogen functional groups attached to an aromatic ring is 1. The zero-order chi connectivity index (χ0) is 12.0. The molecule has 5 nitrogen and oxygen atoms in total. The van der Waals surface area contributed by atoms with Crippen molar-refractivity contribution in [2.45, 2.75) is 13.8 Å². The van der Waals surface area contributed by atoms with Crippen LogP contribution in [0, 0.1) is 13.8 Å². The van der Waals surface area contributed by atoms with Gasteiger partial charge in [0, 0.05) is 11.3 Å². The molecule has 3 rings (SSSR count). The summed E-state index contributed by atoms with van der Waals surface area (Å²) in [7, 11) is 0. The highest BCUT2D eigenvalue weighted by atomic mass is 32.1. The van der Waals surface area contributed by atoms with Gasteiger partial charge in [0.15, 0.2) is 5.82 Å². The van der Waals surface area contributed by atoms with Crippen LogP contribution in [0.5, 0.6) is 0 Å². The summed E-state index contributed by atoms with van der Waals surface area (Å²) in [6.45, 7) is 3.93. The summed E-state index contributed by atoms with van der Waals surface area (Å²) in [4.78, 5) is 0.802. The average Bonchev–Trinajstić information content (AvgIpc) is 2.81. The summed E-state index contributed by atoms with van der Waals surface area (Å²) in [6, 6.07) is 5.86. The van der Waals surface area contributed by atoms with Crippen molar-refractivity contribution < 1.29 is 0 Å². The largest absolute Gasteiger partial charge is 0.398 e. The van der Waals surface area contributed by atoms with E-state index in [1.165, 1.54) is 11.3 Å². The van der Waals surface area contributed by atoms with Gasteiger partial charge in [-0.15, -0.1) is 10.2 Å². The van der Waals surface area contributed by atoms with E-state index in [2.05, 4.69) is 15.3 Å². The third-order valence-electron chi connectivity index (χ3n) is 2.63. The van der Waals surface area contributed by atoms with Gasteiger partial charge in [-0.1, -0.05) is 23.5 Å². The molecule has 0 amide bonds. The lowest BCUT2D eigenvalue weighted by atomic mass is 10.1. The first-order valence-corrected chi connectivity index (χ1v) is 6.02. The van der Waals surface area contributed by atoms with Gasteiger partial charge in [0.2, 0.25) is 4.96 Å². The van der Waals surface area contributed by atoms with Crippen LogP contribution in [0.2, 0.25) is 0 Å². The van der Waals surface area contributed by atoms with E-state index in [1.807, 2.05) is 32.0 Å². The van der Waals surface area contributed by atoms with Crippen molar-refractivity contribution in [2.24, 2.45) is 0 Å². The number of benzene rings is 1. The van der Waals surface area contributed by atoms with Crippen LogP contribution in [-0.4, -0.2) is 19.8 Å². The number of aryl methyl sites for hydroxylation is 2. The molecule has 2 aromatic heterocycles. The highest BCUT2D eigenvalue weighted by Crippen LogP contribution is 2.24. The number of nitrogens with zero attached hydrogens (tertiary/aromatic N) is 4. The molecular formula is C11H11N5S. The van der Waals surface area contributed by atoms with E-state index in [0.717, 1.165) is 32.6 Å². The maximum atomic E-state index is 5.90. The van der Waals surface area contributed by atoms with E-state index < -0.39 is 0 Å². The molecule has 6 heteroatoms. The lowest BCUT2D eigenvalue weighted by Gasteiger charge is -2.02. The Balaban J connectivity index is 2.22. The Kier molecular flexibility index (Phi) is 2.12. The predicted molar refractivity (Wildman–Crippen MR) is 68.0 cm³/mol. The number of aromatic nitrogens is 4. The molecule has 86 valence electrons. The SMILES string of the molecule is Cc1nn2c(-c3ccc(C)c(N)c3)nnc2s1. The van der Waals surface area contributed by atoms with Gasteiger partial charge in [0.1, 0.15) is 5.01 Å². The number of hydrogen-bond donors (Lipinski definition) is 1. The van der Waals surface area contributed by atoms with Crippen molar-refractivity contribution in [3.8, 4) is 11.4 Å². The van der Waals surface area contributed by atoms with Gasteiger partial charge in [-0.05, 0) is 25.5 Å². The third-order valence-corrected chi connectivity index (χ3v) is 3.44. The Morgan fingerprint density at radius 2 is 2.06 bits per heavy atom. The van der Waals surface area contributed by atoms with E-state index in [4.69, 9.17) is 5.73 Å². The Labute approximate surface area is 102 Å². The quantitative estimate of drug-likeness (QED) is 0.666. The number of rotatable bonds is 1. The molecule has 3 aromatic rings. The van der Waals surface area contributed by atoms with Crippen molar-refractivity contribution in [3.05, 3.63) is 28.8 Å². The molecule has 0 fully saturated rings. The molecule has 0 aliphatic heterocycles. The van der Waals surface area contributed by atoms with Gasteiger partial charge in [-0.25, -0.2) is 0 Å². The molecule has 0 aliphatic rings. The number of hydrogen-bond acceptors (Lipinski definition) is 5. The zero-order valence-electron chi connectivity index (χ0n) is 9.51. The second-order valence-corrected chi connectivity index (χ2v) is 5.07. The maximum absolute atomic E-state index is 5.90. The van der Waals surface area contributed by atoms with E-state index in [9.17, 15) is 0 Å². The standard InChI is InChI=1S/C11H11N5S/c1-6-3-4-8(5-9(6)12)10-13-14-11-16(10)15-7(2)17-11/h3-5H,12H2,1-2H3. The zero-order valence-corrected chi connectivity index (χ0v) is 10.3. The molecule has 0 bridgehead atoms.